The SMILES string of the molecule is CC(C)(C)C(=O)O[C@H]1C[C@H](O[Si](C)(C)C(C)(C)C)[C@@]2(C)C[C@H](N=[N+]=[N-])[C@@H](O)C[C@H]12. The van der Waals surface area contributed by atoms with Gasteiger partial charge in [-0.2, -0.15) is 0 Å². The lowest BCUT2D eigenvalue weighted by atomic mass is 9.65. The zero-order valence-electron chi connectivity index (χ0n) is 19.5. The molecule has 29 heavy (non-hydrogen) atoms. The van der Waals surface area contributed by atoms with Gasteiger partial charge >= 0.3 is 5.97 Å². The van der Waals surface area contributed by atoms with E-state index in [1.807, 2.05) is 20.8 Å². The predicted octanol–water partition coefficient (Wildman–Crippen LogP) is 5.19. The summed E-state index contributed by atoms with van der Waals surface area (Å²) in [5, 5.41) is 14.5. The van der Waals surface area contributed by atoms with Crippen LogP contribution in [0.5, 0.6) is 0 Å². The topological polar surface area (TPSA) is 105 Å². The minimum absolute atomic E-state index is 0.0243. The van der Waals surface area contributed by atoms with Gasteiger partial charge in [0, 0.05) is 17.3 Å². The van der Waals surface area contributed by atoms with E-state index in [2.05, 4.69) is 50.8 Å². The fourth-order valence-corrected chi connectivity index (χ4v) is 5.79. The number of carbonyl (C=O) groups is 1. The minimum atomic E-state index is -2.06. The van der Waals surface area contributed by atoms with Gasteiger partial charge < -0.3 is 14.3 Å². The van der Waals surface area contributed by atoms with E-state index in [1.165, 1.54) is 0 Å². The molecule has 0 amide bonds. The predicted molar refractivity (Wildman–Crippen MR) is 116 cm³/mol. The van der Waals surface area contributed by atoms with E-state index in [-0.39, 0.29) is 34.5 Å². The zero-order chi connectivity index (χ0) is 22.4. The highest BCUT2D eigenvalue weighted by atomic mass is 28.4. The third-order valence-corrected chi connectivity index (χ3v) is 11.9. The second-order valence-corrected chi connectivity index (χ2v) is 16.4. The molecule has 2 saturated carbocycles. The van der Waals surface area contributed by atoms with Crippen molar-refractivity contribution in [1.29, 1.82) is 0 Å². The van der Waals surface area contributed by atoms with Crippen LogP contribution in [-0.2, 0) is 14.0 Å². The van der Waals surface area contributed by atoms with E-state index < -0.39 is 25.9 Å². The number of azide groups is 1. The summed E-state index contributed by atoms with van der Waals surface area (Å²) in [6, 6.07) is -0.483. The number of carbonyl (C=O) groups excluding carboxylic acids is 1. The maximum atomic E-state index is 12.6. The van der Waals surface area contributed by atoms with Crippen LogP contribution < -0.4 is 0 Å². The number of hydrogen-bond acceptors (Lipinski definition) is 5. The Morgan fingerprint density at radius 3 is 2.28 bits per heavy atom. The number of hydrogen-bond donors (Lipinski definition) is 1. The number of esters is 1. The molecule has 2 fully saturated rings. The third-order valence-electron chi connectivity index (χ3n) is 7.38. The van der Waals surface area contributed by atoms with Crippen molar-refractivity contribution in [2.45, 2.75) is 110 Å². The molecule has 6 atom stereocenters. The van der Waals surface area contributed by atoms with Gasteiger partial charge in [-0.3, -0.25) is 4.79 Å². The Labute approximate surface area is 176 Å². The molecular weight excluding hydrogens is 386 g/mol. The fourth-order valence-electron chi connectivity index (χ4n) is 4.36. The van der Waals surface area contributed by atoms with Crippen LogP contribution in [0.4, 0.5) is 0 Å². The number of rotatable bonds is 4. The lowest BCUT2D eigenvalue weighted by molar-refractivity contribution is -0.163. The van der Waals surface area contributed by atoms with Gasteiger partial charge in [0.1, 0.15) is 6.10 Å². The van der Waals surface area contributed by atoms with Crippen LogP contribution >= 0.6 is 0 Å². The lowest BCUT2D eigenvalue weighted by Crippen LogP contribution is -2.52. The normalized spacial score (nSPS) is 35.6. The number of aliphatic hydroxyl groups excluding tert-OH is 1. The third kappa shape index (κ3) is 4.81. The molecule has 166 valence electrons. The van der Waals surface area contributed by atoms with Gasteiger partial charge in [0.25, 0.3) is 0 Å². The number of ether oxygens (including phenoxy) is 1. The maximum absolute atomic E-state index is 12.6. The van der Waals surface area contributed by atoms with E-state index in [0.29, 0.717) is 19.3 Å². The van der Waals surface area contributed by atoms with E-state index in [9.17, 15) is 9.90 Å². The van der Waals surface area contributed by atoms with Crippen molar-refractivity contribution < 1.29 is 19.1 Å². The van der Waals surface area contributed by atoms with Crippen molar-refractivity contribution in [2.24, 2.45) is 21.9 Å². The molecule has 2 aliphatic carbocycles. The summed E-state index contributed by atoms with van der Waals surface area (Å²) >= 11 is 0. The summed E-state index contributed by atoms with van der Waals surface area (Å²) < 4.78 is 12.8. The average Bonchev–Trinajstić information content (AvgIpc) is 2.78. The maximum Gasteiger partial charge on any atom is 0.311 e. The zero-order valence-corrected chi connectivity index (χ0v) is 20.5. The Balaban J connectivity index is 2.38. The molecule has 0 aromatic rings. The monoisotopic (exact) mass is 425 g/mol. The molecule has 0 aromatic carbocycles. The molecule has 0 aromatic heterocycles. The first kappa shape index (κ1) is 24.2. The van der Waals surface area contributed by atoms with Gasteiger partial charge in [-0.1, -0.05) is 32.8 Å². The summed E-state index contributed by atoms with van der Waals surface area (Å²) in [6.45, 7) is 18.8. The Hall–Kier alpha value is -1.08. The number of aliphatic hydroxyl groups is 1. The molecule has 7 nitrogen and oxygen atoms in total. The lowest BCUT2D eigenvalue weighted by Gasteiger charge is -2.48. The molecule has 0 saturated heterocycles. The van der Waals surface area contributed by atoms with Crippen LogP contribution in [0, 0.1) is 16.7 Å². The smallest absolute Gasteiger partial charge is 0.311 e. The Morgan fingerprint density at radius 2 is 1.79 bits per heavy atom. The van der Waals surface area contributed by atoms with Crippen molar-refractivity contribution in [3.8, 4) is 0 Å². The molecular formula is C21H39N3O4Si. The van der Waals surface area contributed by atoms with E-state index in [4.69, 9.17) is 14.7 Å². The molecule has 2 aliphatic rings. The molecule has 8 heteroatoms. The molecule has 0 unspecified atom stereocenters. The molecule has 0 aliphatic heterocycles. The molecule has 2 rings (SSSR count). The quantitative estimate of drug-likeness (QED) is 0.220. The highest BCUT2D eigenvalue weighted by Gasteiger charge is 2.60. The highest BCUT2D eigenvalue weighted by molar-refractivity contribution is 6.74. The first-order valence-electron chi connectivity index (χ1n) is 10.6. The summed E-state index contributed by atoms with van der Waals surface area (Å²) in [6.07, 6.45) is 0.459. The van der Waals surface area contributed by atoms with Gasteiger partial charge in [0.15, 0.2) is 8.32 Å². The van der Waals surface area contributed by atoms with Crippen molar-refractivity contribution >= 4 is 14.3 Å². The van der Waals surface area contributed by atoms with Crippen molar-refractivity contribution in [3.05, 3.63) is 10.4 Å². The Kier molecular flexibility index (Phi) is 6.57. The van der Waals surface area contributed by atoms with Crippen LogP contribution in [-0.4, -0.2) is 43.7 Å². The Bertz CT molecular complexity index is 678. The largest absolute Gasteiger partial charge is 0.462 e. The second-order valence-electron chi connectivity index (χ2n) is 11.7. The van der Waals surface area contributed by atoms with Crippen LogP contribution in [0.3, 0.4) is 0 Å². The first-order chi connectivity index (χ1) is 13.0. The van der Waals surface area contributed by atoms with E-state index in [0.717, 1.165) is 0 Å². The van der Waals surface area contributed by atoms with Crippen LogP contribution in [0.1, 0.15) is 67.7 Å². The highest BCUT2D eigenvalue weighted by Crippen LogP contribution is 2.56. The standard InChI is InChI=1S/C21H39N3O4Si/c1-19(2,3)18(26)27-16-11-17(28-29(8,9)20(4,5)6)21(7)12-14(23-24-22)15(25)10-13(16)21/h13-17,25H,10-12H2,1-9H3/t13-,14+,15+,16+,17+,21+/m1/s1. The second kappa shape index (κ2) is 7.87. The van der Waals surface area contributed by atoms with Crippen molar-refractivity contribution in [2.75, 3.05) is 0 Å². The van der Waals surface area contributed by atoms with Crippen LogP contribution in [0.25, 0.3) is 10.4 Å². The van der Waals surface area contributed by atoms with Gasteiger partial charge in [-0.15, -0.1) is 0 Å². The van der Waals surface area contributed by atoms with Crippen LogP contribution in [0.15, 0.2) is 5.11 Å². The first-order valence-corrected chi connectivity index (χ1v) is 13.5. The molecule has 0 spiro atoms. The van der Waals surface area contributed by atoms with Crippen molar-refractivity contribution in [3.63, 3.8) is 0 Å². The van der Waals surface area contributed by atoms with Gasteiger partial charge in [-0.25, -0.2) is 0 Å². The molecule has 0 radical (unpaired) electrons. The summed E-state index contributed by atoms with van der Waals surface area (Å²) in [4.78, 5) is 15.6. The molecule has 0 heterocycles. The van der Waals surface area contributed by atoms with E-state index >= 15 is 0 Å². The van der Waals surface area contributed by atoms with Gasteiger partial charge in [0.2, 0.25) is 0 Å². The van der Waals surface area contributed by atoms with Crippen molar-refractivity contribution in [1.82, 2.24) is 0 Å². The Morgan fingerprint density at radius 1 is 1.21 bits per heavy atom. The number of fused-ring (bicyclic) bond motifs is 1. The minimum Gasteiger partial charge on any atom is -0.462 e. The molecule has 1 N–H and O–H groups in total. The summed E-state index contributed by atoms with van der Waals surface area (Å²) in [5.74, 6) is -0.256. The number of nitrogens with zero attached hydrogens (tertiary/aromatic N) is 3. The fraction of sp³-hybridized carbons (Fsp3) is 0.952. The molecule has 0 bridgehead atoms. The van der Waals surface area contributed by atoms with Gasteiger partial charge in [-0.05, 0) is 62.7 Å². The summed E-state index contributed by atoms with van der Waals surface area (Å²) in [5.41, 5.74) is 8.02. The average molecular weight is 426 g/mol. The van der Waals surface area contributed by atoms with Crippen LogP contribution in [0.2, 0.25) is 18.1 Å². The van der Waals surface area contributed by atoms with E-state index in [1.54, 1.807) is 0 Å². The summed E-state index contributed by atoms with van der Waals surface area (Å²) in [7, 11) is -2.06. The van der Waals surface area contributed by atoms with Gasteiger partial charge in [0.05, 0.1) is 23.7 Å².